The van der Waals surface area contributed by atoms with Crippen LogP contribution in [0.15, 0.2) is 42.5 Å². The van der Waals surface area contributed by atoms with Crippen molar-refractivity contribution in [2.45, 2.75) is 26.0 Å². The number of aliphatic hydroxyl groups is 1. The molecule has 4 N–H and O–H groups in total. The van der Waals surface area contributed by atoms with Crippen LogP contribution in [0.1, 0.15) is 31.1 Å². The molecule has 0 aliphatic heterocycles. The molecule has 7 heteroatoms. The van der Waals surface area contributed by atoms with E-state index in [1.807, 2.05) is 19.9 Å². The number of rotatable bonds is 5. The highest BCUT2D eigenvalue weighted by atomic mass is 16.3. The lowest BCUT2D eigenvalue weighted by atomic mass is 10.1. The zero-order chi connectivity index (χ0) is 19.3. The Bertz CT molecular complexity index is 830. The fourth-order valence-corrected chi connectivity index (χ4v) is 2.43. The predicted octanol–water partition coefficient (Wildman–Crippen LogP) is 2.95. The van der Waals surface area contributed by atoms with Crippen LogP contribution in [0.3, 0.4) is 0 Å². The molecule has 0 aromatic heterocycles. The molecule has 1 atom stereocenters. The van der Waals surface area contributed by atoms with E-state index in [2.05, 4.69) is 5.32 Å². The molecule has 0 saturated carbocycles. The van der Waals surface area contributed by atoms with Gasteiger partial charge in [-0.25, -0.2) is 4.79 Å². The summed E-state index contributed by atoms with van der Waals surface area (Å²) in [7, 11) is 0. The highest BCUT2D eigenvalue weighted by molar-refractivity contribution is 5.89. The molecule has 0 spiro atoms. The van der Waals surface area contributed by atoms with Gasteiger partial charge in [-0.15, -0.1) is 0 Å². The van der Waals surface area contributed by atoms with E-state index in [1.54, 1.807) is 24.3 Å². The second-order valence-corrected chi connectivity index (χ2v) is 6.13. The van der Waals surface area contributed by atoms with E-state index in [1.165, 1.54) is 23.1 Å². The molecule has 136 valence electrons. The number of phenols is 2. The number of aliphatic hydroxyl groups excluding tert-OH is 1. The molecule has 2 aromatic carbocycles. The molecule has 0 bridgehead atoms. The Morgan fingerprint density at radius 2 is 1.92 bits per heavy atom. The molecule has 0 saturated heterocycles. The summed E-state index contributed by atoms with van der Waals surface area (Å²) < 4.78 is 0. The van der Waals surface area contributed by atoms with E-state index in [0.717, 1.165) is 0 Å². The third kappa shape index (κ3) is 4.65. The lowest BCUT2D eigenvalue weighted by Gasteiger charge is -2.29. The summed E-state index contributed by atoms with van der Waals surface area (Å²) in [6.07, 6.45) is -1.04. The number of urea groups is 1. The Hall–Kier alpha value is -3.24. The van der Waals surface area contributed by atoms with Crippen LogP contribution >= 0.6 is 0 Å². The van der Waals surface area contributed by atoms with E-state index < -0.39 is 12.1 Å². The molecule has 2 aromatic rings. The van der Waals surface area contributed by atoms with Gasteiger partial charge < -0.3 is 25.5 Å². The minimum atomic E-state index is -1.04. The zero-order valence-electron chi connectivity index (χ0n) is 14.5. The second kappa shape index (κ2) is 8.23. The second-order valence-electron chi connectivity index (χ2n) is 6.13. The maximum atomic E-state index is 12.6. The summed E-state index contributed by atoms with van der Waals surface area (Å²) in [5, 5.41) is 41.0. The van der Waals surface area contributed by atoms with Crippen molar-refractivity contribution in [2.75, 3.05) is 11.9 Å². The van der Waals surface area contributed by atoms with Crippen molar-refractivity contribution in [1.82, 2.24) is 4.90 Å². The average molecular weight is 355 g/mol. The number of hydrogen-bond acceptors (Lipinski definition) is 5. The van der Waals surface area contributed by atoms with E-state index in [0.29, 0.717) is 16.8 Å². The average Bonchev–Trinajstić information content (AvgIpc) is 2.61. The van der Waals surface area contributed by atoms with Gasteiger partial charge in [-0.3, -0.25) is 0 Å². The van der Waals surface area contributed by atoms with Gasteiger partial charge in [-0.05, 0) is 49.7 Å². The fourth-order valence-electron chi connectivity index (χ4n) is 2.43. The Labute approximate surface area is 151 Å². The van der Waals surface area contributed by atoms with Crippen LogP contribution in [-0.4, -0.2) is 38.8 Å². The van der Waals surface area contributed by atoms with Gasteiger partial charge in [0, 0.05) is 11.7 Å². The number of hydrogen-bond donors (Lipinski definition) is 4. The molecule has 2 amide bonds. The summed E-state index contributed by atoms with van der Waals surface area (Å²) in [5.41, 5.74) is 1.29. The van der Waals surface area contributed by atoms with E-state index in [9.17, 15) is 20.1 Å². The van der Waals surface area contributed by atoms with E-state index in [-0.39, 0.29) is 24.1 Å². The van der Waals surface area contributed by atoms with Crippen molar-refractivity contribution in [2.24, 2.45) is 0 Å². The maximum absolute atomic E-state index is 12.6. The van der Waals surface area contributed by atoms with Crippen LogP contribution in [0.2, 0.25) is 0 Å². The number of carbonyl (C=O) groups excluding carboxylic acids is 1. The maximum Gasteiger partial charge on any atom is 0.322 e. The minimum Gasteiger partial charge on any atom is -0.504 e. The summed E-state index contributed by atoms with van der Waals surface area (Å²) in [6.45, 7) is 3.62. The summed E-state index contributed by atoms with van der Waals surface area (Å²) in [6, 6.07) is 11.9. The van der Waals surface area contributed by atoms with Crippen LogP contribution in [0.4, 0.5) is 10.5 Å². The Morgan fingerprint density at radius 1 is 1.19 bits per heavy atom. The van der Waals surface area contributed by atoms with Gasteiger partial charge in [-0.1, -0.05) is 12.1 Å². The molecule has 0 aliphatic carbocycles. The Morgan fingerprint density at radius 3 is 2.54 bits per heavy atom. The zero-order valence-corrected chi connectivity index (χ0v) is 14.5. The lowest BCUT2D eigenvalue weighted by Crippen LogP contribution is -2.42. The van der Waals surface area contributed by atoms with Crippen molar-refractivity contribution in [3.05, 3.63) is 53.6 Å². The lowest BCUT2D eigenvalue weighted by molar-refractivity contribution is 0.113. The van der Waals surface area contributed by atoms with Gasteiger partial charge in [0.1, 0.15) is 0 Å². The van der Waals surface area contributed by atoms with Crippen molar-refractivity contribution >= 4 is 11.7 Å². The van der Waals surface area contributed by atoms with Crippen LogP contribution in [-0.2, 0) is 0 Å². The van der Waals surface area contributed by atoms with Crippen molar-refractivity contribution in [3.8, 4) is 17.6 Å². The van der Waals surface area contributed by atoms with Crippen LogP contribution < -0.4 is 5.32 Å². The quantitative estimate of drug-likeness (QED) is 0.615. The number of benzene rings is 2. The molecular formula is C19H21N3O4. The number of carbonyl (C=O) groups is 1. The highest BCUT2D eigenvalue weighted by Crippen LogP contribution is 2.28. The molecule has 0 fully saturated rings. The Kier molecular flexibility index (Phi) is 6.04. The first-order valence-electron chi connectivity index (χ1n) is 8.09. The number of aromatic hydroxyl groups is 2. The van der Waals surface area contributed by atoms with Gasteiger partial charge in [0.15, 0.2) is 11.5 Å². The summed E-state index contributed by atoms with van der Waals surface area (Å²) in [5.74, 6) is -0.618. The van der Waals surface area contributed by atoms with Gasteiger partial charge in [0.25, 0.3) is 0 Å². The van der Waals surface area contributed by atoms with Crippen molar-refractivity contribution in [3.63, 3.8) is 0 Å². The van der Waals surface area contributed by atoms with Crippen molar-refractivity contribution < 1.29 is 20.1 Å². The van der Waals surface area contributed by atoms with E-state index >= 15 is 0 Å². The molecule has 2 rings (SSSR count). The number of phenolic OH excluding ortho intramolecular Hbond substituents is 2. The molecule has 7 nitrogen and oxygen atoms in total. The molecule has 1 unspecified atom stereocenters. The first-order valence-corrected chi connectivity index (χ1v) is 8.09. The molecule has 0 radical (unpaired) electrons. The van der Waals surface area contributed by atoms with Crippen LogP contribution in [0.5, 0.6) is 11.5 Å². The third-order valence-corrected chi connectivity index (χ3v) is 3.88. The van der Waals surface area contributed by atoms with Gasteiger partial charge in [0.05, 0.1) is 24.3 Å². The largest absolute Gasteiger partial charge is 0.504 e. The number of nitriles is 1. The predicted molar refractivity (Wildman–Crippen MR) is 96.7 cm³/mol. The molecule has 26 heavy (non-hydrogen) atoms. The SMILES string of the molecule is CC(C)N(CC(O)c1ccc(O)c(O)c1)C(=O)Nc1cccc(C#N)c1. The topological polar surface area (TPSA) is 117 Å². The third-order valence-electron chi connectivity index (χ3n) is 3.88. The van der Waals surface area contributed by atoms with Gasteiger partial charge in [0.2, 0.25) is 0 Å². The number of nitrogens with one attached hydrogen (secondary N) is 1. The molecule has 0 heterocycles. The van der Waals surface area contributed by atoms with Crippen LogP contribution in [0, 0.1) is 11.3 Å². The minimum absolute atomic E-state index is 0.00828. The molecular weight excluding hydrogens is 334 g/mol. The monoisotopic (exact) mass is 355 g/mol. The number of amides is 2. The van der Waals surface area contributed by atoms with Gasteiger partial charge in [-0.2, -0.15) is 5.26 Å². The number of nitrogens with zero attached hydrogens (tertiary/aromatic N) is 2. The van der Waals surface area contributed by atoms with Crippen LogP contribution in [0.25, 0.3) is 0 Å². The Balaban J connectivity index is 2.13. The molecule has 0 aliphatic rings. The first kappa shape index (κ1) is 19.1. The van der Waals surface area contributed by atoms with Crippen molar-refractivity contribution in [1.29, 1.82) is 5.26 Å². The highest BCUT2D eigenvalue weighted by Gasteiger charge is 2.22. The first-order chi connectivity index (χ1) is 12.3. The summed E-state index contributed by atoms with van der Waals surface area (Å²) in [4.78, 5) is 14.0. The fraction of sp³-hybridized carbons (Fsp3) is 0.263. The van der Waals surface area contributed by atoms with E-state index in [4.69, 9.17) is 5.26 Å². The standard InChI is InChI=1S/C19H21N3O4/c1-12(2)22(11-18(25)14-6-7-16(23)17(24)9-14)19(26)21-15-5-3-4-13(8-15)10-20/h3-9,12,18,23-25H,11H2,1-2H3,(H,21,26). The number of anilines is 1. The summed E-state index contributed by atoms with van der Waals surface area (Å²) >= 11 is 0. The van der Waals surface area contributed by atoms with Gasteiger partial charge >= 0.3 is 6.03 Å². The smallest absolute Gasteiger partial charge is 0.322 e. The normalized spacial score (nSPS) is 11.7.